The maximum Gasteiger partial charge on any atom is 0.410 e. The molecule has 1 fully saturated rings. The van der Waals surface area contributed by atoms with Crippen molar-refractivity contribution in [1.29, 1.82) is 0 Å². The molecule has 0 unspecified atom stereocenters. The second-order valence-corrected chi connectivity index (χ2v) is 4.56. The third-order valence-corrected chi connectivity index (χ3v) is 3.16. The zero-order valence-electron chi connectivity index (χ0n) is 10.9. The Labute approximate surface area is 115 Å². The third kappa shape index (κ3) is 3.61. The van der Waals surface area contributed by atoms with E-state index in [-0.39, 0.29) is 26.1 Å². The molecule has 1 heterocycles. The zero-order valence-corrected chi connectivity index (χ0v) is 10.9. The summed E-state index contributed by atoms with van der Waals surface area (Å²) in [4.78, 5) is 15.9. The molecule has 20 heavy (non-hydrogen) atoms. The number of benzene rings is 1. The molecule has 0 radical (unpaired) electrons. The number of nitrogens with zero attached hydrogens (tertiary/aromatic N) is 4. The number of carbonyl (C=O) groups is 1. The molecule has 1 aromatic carbocycles. The van der Waals surface area contributed by atoms with Gasteiger partial charge in [0.2, 0.25) is 0 Å². The highest BCUT2D eigenvalue weighted by Crippen LogP contribution is 2.18. The van der Waals surface area contributed by atoms with Gasteiger partial charge < -0.3 is 9.64 Å². The predicted molar refractivity (Wildman–Crippen MR) is 70.6 cm³/mol. The fraction of sp³-hybridized carbons (Fsp3) is 0.462. The fourth-order valence-corrected chi connectivity index (χ4v) is 2.05. The van der Waals surface area contributed by atoms with E-state index in [2.05, 4.69) is 10.0 Å². The van der Waals surface area contributed by atoms with Crippen molar-refractivity contribution in [3.8, 4) is 0 Å². The number of amides is 1. The Kier molecular flexibility index (Phi) is 4.79. The molecule has 1 aromatic rings. The van der Waals surface area contributed by atoms with Crippen LogP contribution < -0.4 is 0 Å². The van der Waals surface area contributed by atoms with Crippen molar-refractivity contribution in [2.45, 2.75) is 25.2 Å². The van der Waals surface area contributed by atoms with Crippen molar-refractivity contribution >= 4 is 6.09 Å². The molecule has 6 nitrogen and oxygen atoms in total. The van der Waals surface area contributed by atoms with Gasteiger partial charge in [0.1, 0.15) is 12.8 Å². The molecule has 0 bridgehead atoms. The van der Waals surface area contributed by atoms with Crippen molar-refractivity contribution in [3.05, 3.63) is 46.3 Å². The summed E-state index contributed by atoms with van der Waals surface area (Å²) in [6, 6.07) is 8.46. The minimum Gasteiger partial charge on any atom is -0.445 e. The predicted octanol–water partition coefficient (Wildman–Crippen LogP) is 3.05. The monoisotopic (exact) mass is 278 g/mol. The van der Waals surface area contributed by atoms with Crippen LogP contribution in [0.1, 0.15) is 12.0 Å². The Hall–Kier alpha value is -2.27. The van der Waals surface area contributed by atoms with Crippen LogP contribution in [0, 0.1) is 0 Å². The molecular formula is C13H15FN4O2. The average molecular weight is 278 g/mol. The van der Waals surface area contributed by atoms with Gasteiger partial charge in [0, 0.05) is 18.0 Å². The van der Waals surface area contributed by atoms with Crippen LogP contribution in [-0.4, -0.2) is 36.3 Å². The molecule has 2 rings (SSSR count). The maximum absolute atomic E-state index is 13.5. The van der Waals surface area contributed by atoms with Gasteiger partial charge in [-0.25, -0.2) is 9.18 Å². The van der Waals surface area contributed by atoms with Crippen LogP contribution in [0.25, 0.3) is 10.4 Å². The average Bonchev–Trinajstić information content (AvgIpc) is 2.48. The van der Waals surface area contributed by atoms with Crippen LogP contribution in [0.3, 0.4) is 0 Å². The van der Waals surface area contributed by atoms with Gasteiger partial charge in [-0.2, -0.15) is 0 Å². The fourth-order valence-electron chi connectivity index (χ4n) is 2.05. The first-order valence-electron chi connectivity index (χ1n) is 6.34. The van der Waals surface area contributed by atoms with Crippen molar-refractivity contribution in [2.24, 2.45) is 5.11 Å². The molecule has 7 heteroatoms. The van der Waals surface area contributed by atoms with Crippen molar-refractivity contribution in [3.63, 3.8) is 0 Å². The van der Waals surface area contributed by atoms with E-state index < -0.39 is 18.3 Å². The van der Waals surface area contributed by atoms with E-state index in [1.807, 2.05) is 30.3 Å². The highest BCUT2D eigenvalue weighted by atomic mass is 19.1. The molecule has 1 aliphatic rings. The molecule has 0 aromatic heterocycles. The maximum atomic E-state index is 13.5. The molecule has 0 spiro atoms. The lowest BCUT2D eigenvalue weighted by Gasteiger charge is -2.32. The van der Waals surface area contributed by atoms with E-state index in [9.17, 15) is 9.18 Å². The topological polar surface area (TPSA) is 78.3 Å². The van der Waals surface area contributed by atoms with Gasteiger partial charge in [0.15, 0.2) is 0 Å². The number of likely N-dealkylation sites (tertiary alicyclic amines) is 1. The van der Waals surface area contributed by atoms with Gasteiger partial charge >= 0.3 is 6.09 Å². The van der Waals surface area contributed by atoms with Gasteiger partial charge in [-0.1, -0.05) is 35.4 Å². The van der Waals surface area contributed by atoms with Crippen molar-refractivity contribution in [1.82, 2.24) is 4.90 Å². The Bertz CT molecular complexity index is 504. The molecule has 106 valence electrons. The lowest BCUT2D eigenvalue weighted by molar-refractivity contribution is 0.0704. The van der Waals surface area contributed by atoms with Crippen LogP contribution in [0.4, 0.5) is 9.18 Å². The van der Waals surface area contributed by atoms with E-state index in [0.29, 0.717) is 0 Å². The highest BCUT2D eigenvalue weighted by molar-refractivity contribution is 5.67. The number of hydrogen-bond donors (Lipinski definition) is 0. The summed E-state index contributed by atoms with van der Waals surface area (Å²) < 4.78 is 18.6. The van der Waals surface area contributed by atoms with E-state index in [4.69, 9.17) is 10.3 Å². The number of ether oxygens (including phenoxy) is 1. The smallest absolute Gasteiger partial charge is 0.410 e. The van der Waals surface area contributed by atoms with Crippen LogP contribution in [0.5, 0.6) is 0 Å². The minimum atomic E-state index is -1.20. The van der Waals surface area contributed by atoms with E-state index in [1.165, 1.54) is 4.90 Å². The molecular weight excluding hydrogens is 263 g/mol. The normalized spacial score (nSPS) is 21.9. The first-order chi connectivity index (χ1) is 9.70. The number of piperidine rings is 1. The Morgan fingerprint density at radius 3 is 2.95 bits per heavy atom. The van der Waals surface area contributed by atoms with Crippen molar-refractivity contribution < 1.29 is 13.9 Å². The second kappa shape index (κ2) is 6.77. The first kappa shape index (κ1) is 14.1. The standard InChI is InChI=1S/C13H15FN4O2/c14-11-6-7-18(8-12(11)16-17-15)13(19)20-9-10-4-2-1-3-5-10/h1-5,11-12H,6-9H2/t11-,12+/m0/s1. The molecule has 2 atom stereocenters. The molecule has 1 aliphatic heterocycles. The Morgan fingerprint density at radius 2 is 2.25 bits per heavy atom. The number of alkyl halides is 1. The molecule has 0 aliphatic carbocycles. The van der Waals surface area contributed by atoms with Gasteiger partial charge in [0.25, 0.3) is 0 Å². The quantitative estimate of drug-likeness (QED) is 0.484. The van der Waals surface area contributed by atoms with Crippen LogP contribution in [-0.2, 0) is 11.3 Å². The molecule has 1 saturated heterocycles. The van der Waals surface area contributed by atoms with E-state index in [1.54, 1.807) is 0 Å². The SMILES string of the molecule is [N-]=[N+]=N[C@@H]1CN(C(=O)OCc2ccccc2)CC[C@@H]1F. The summed E-state index contributed by atoms with van der Waals surface area (Å²) in [5.41, 5.74) is 9.25. The number of hydrogen-bond acceptors (Lipinski definition) is 3. The highest BCUT2D eigenvalue weighted by Gasteiger charge is 2.31. The van der Waals surface area contributed by atoms with E-state index in [0.717, 1.165) is 5.56 Å². The van der Waals surface area contributed by atoms with Gasteiger partial charge in [0.05, 0.1) is 6.04 Å². The number of rotatable bonds is 3. The summed E-state index contributed by atoms with van der Waals surface area (Å²) in [6.07, 6.45) is -1.56. The summed E-state index contributed by atoms with van der Waals surface area (Å²) in [6.45, 7) is 0.493. The van der Waals surface area contributed by atoms with Gasteiger partial charge in [-0.15, -0.1) is 0 Å². The summed E-state index contributed by atoms with van der Waals surface area (Å²) in [7, 11) is 0. The molecule has 1 amide bonds. The second-order valence-electron chi connectivity index (χ2n) is 4.56. The van der Waals surface area contributed by atoms with Crippen LogP contribution in [0.2, 0.25) is 0 Å². The largest absolute Gasteiger partial charge is 0.445 e. The summed E-state index contributed by atoms with van der Waals surface area (Å²) in [5, 5.41) is 3.37. The summed E-state index contributed by atoms with van der Waals surface area (Å²) >= 11 is 0. The first-order valence-corrected chi connectivity index (χ1v) is 6.34. The summed E-state index contributed by atoms with van der Waals surface area (Å²) in [5.74, 6) is 0. The minimum absolute atomic E-state index is 0.0544. The van der Waals surface area contributed by atoms with Crippen molar-refractivity contribution in [2.75, 3.05) is 13.1 Å². The lowest BCUT2D eigenvalue weighted by atomic mass is 10.1. The van der Waals surface area contributed by atoms with Gasteiger partial charge in [-0.3, -0.25) is 0 Å². The number of azide groups is 1. The van der Waals surface area contributed by atoms with Crippen LogP contribution >= 0.6 is 0 Å². The van der Waals surface area contributed by atoms with Crippen LogP contribution in [0.15, 0.2) is 35.4 Å². The Balaban J connectivity index is 1.88. The third-order valence-electron chi connectivity index (χ3n) is 3.16. The number of carbonyl (C=O) groups excluding carboxylic acids is 1. The Morgan fingerprint density at radius 1 is 1.50 bits per heavy atom. The van der Waals surface area contributed by atoms with Gasteiger partial charge in [-0.05, 0) is 17.5 Å². The van der Waals surface area contributed by atoms with E-state index >= 15 is 0 Å². The number of halogens is 1. The molecule has 0 saturated carbocycles. The zero-order chi connectivity index (χ0) is 14.4. The molecule has 0 N–H and O–H groups in total. The lowest BCUT2D eigenvalue weighted by Crippen LogP contribution is -2.46.